The first-order valence-corrected chi connectivity index (χ1v) is 11.1. The molecule has 0 saturated heterocycles. The summed E-state index contributed by atoms with van der Waals surface area (Å²) in [6.07, 6.45) is 1.10. The van der Waals surface area contributed by atoms with Crippen molar-refractivity contribution in [3.05, 3.63) is 82.7 Å². The smallest absolute Gasteiger partial charge is 0.270 e. The summed E-state index contributed by atoms with van der Waals surface area (Å²) in [5.41, 5.74) is 2.91. The number of aryl methyl sites for hydroxylation is 1. The van der Waals surface area contributed by atoms with Gasteiger partial charge in [-0.05, 0) is 35.4 Å². The molecule has 12 nitrogen and oxygen atoms in total. The largest absolute Gasteiger partial charge is 0.347 e. The molecular weight excluding hydrogens is 481 g/mol. The molecule has 0 radical (unpaired) electrons. The van der Waals surface area contributed by atoms with Crippen LogP contribution in [0.5, 0.6) is 0 Å². The van der Waals surface area contributed by atoms with Gasteiger partial charge in [-0.3, -0.25) is 14.4 Å². The first-order valence-electron chi connectivity index (χ1n) is 11.1. The average molecular weight is 501 g/mol. The Morgan fingerprint density at radius 2 is 1.86 bits per heavy atom. The Kier molecular flexibility index (Phi) is 6.09. The van der Waals surface area contributed by atoms with E-state index in [4.69, 9.17) is 0 Å². The number of anilines is 1. The van der Waals surface area contributed by atoms with Crippen LogP contribution in [0.1, 0.15) is 43.7 Å². The molecule has 186 valence electrons. The lowest BCUT2D eigenvalue weighted by molar-refractivity contribution is -0.119. The zero-order chi connectivity index (χ0) is 26.1. The second kappa shape index (κ2) is 9.53. The molecule has 0 saturated carbocycles. The third kappa shape index (κ3) is 4.61. The fourth-order valence-corrected chi connectivity index (χ4v) is 3.99. The molecule has 1 aliphatic rings. The van der Waals surface area contributed by atoms with Gasteiger partial charge in [0.25, 0.3) is 17.7 Å². The van der Waals surface area contributed by atoms with Crippen LogP contribution >= 0.6 is 0 Å². The molecule has 4 aromatic rings. The number of aromatic amines is 1. The number of hydrogen-bond donors (Lipinski definition) is 3. The Bertz CT molecular complexity index is 1520. The van der Waals surface area contributed by atoms with Gasteiger partial charge in [-0.2, -0.15) is 5.21 Å². The summed E-state index contributed by atoms with van der Waals surface area (Å²) in [7, 11) is 1.60. The van der Waals surface area contributed by atoms with Crippen LogP contribution in [0.15, 0.2) is 48.8 Å². The minimum Gasteiger partial charge on any atom is -0.347 e. The van der Waals surface area contributed by atoms with Gasteiger partial charge >= 0.3 is 0 Å². The van der Waals surface area contributed by atoms with Gasteiger partial charge in [-0.15, -0.1) is 10.2 Å². The van der Waals surface area contributed by atoms with Gasteiger partial charge in [0, 0.05) is 36.5 Å². The second-order valence-electron chi connectivity index (χ2n) is 8.37. The third-order valence-electron chi connectivity index (χ3n) is 5.97. The third-order valence-corrected chi connectivity index (χ3v) is 5.97. The number of benzene rings is 2. The lowest BCUT2D eigenvalue weighted by Gasteiger charge is -2.13. The molecule has 13 heteroatoms. The number of fused-ring (bicyclic) bond motifs is 1. The molecule has 2 aromatic carbocycles. The van der Waals surface area contributed by atoms with Gasteiger partial charge in [-0.25, -0.2) is 14.4 Å². The molecule has 0 spiro atoms. The Balaban J connectivity index is 1.29. The van der Waals surface area contributed by atoms with Crippen molar-refractivity contribution in [2.24, 2.45) is 0 Å². The molecule has 5 rings (SSSR count). The summed E-state index contributed by atoms with van der Waals surface area (Å²) < 4.78 is 13.5. The van der Waals surface area contributed by atoms with Crippen molar-refractivity contribution in [1.29, 1.82) is 0 Å². The Hall–Kier alpha value is -5.07. The van der Waals surface area contributed by atoms with Crippen molar-refractivity contribution in [2.45, 2.75) is 19.5 Å². The number of amides is 3. The summed E-state index contributed by atoms with van der Waals surface area (Å²) in [5, 5.41) is 19.2. The second-order valence-corrected chi connectivity index (χ2v) is 8.37. The number of aromatic nitrogens is 6. The van der Waals surface area contributed by atoms with Crippen LogP contribution in [0.4, 0.5) is 10.1 Å². The van der Waals surface area contributed by atoms with Crippen LogP contribution < -0.4 is 15.5 Å². The predicted molar refractivity (Wildman–Crippen MR) is 128 cm³/mol. The van der Waals surface area contributed by atoms with E-state index in [1.165, 1.54) is 17.0 Å². The molecule has 3 amide bonds. The maximum Gasteiger partial charge on any atom is 0.270 e. The predicted octanol–water partition coefficient (Wildman–Crippen LogP) is 1.48. The maximum absolute atomic E-state index is 13.5. The molecule has 2 aromatic heterocycles. The first-order chi connectivity index (χ1) is 17.8. The van der Waals surface area contributed by atoms with Gasteiger partial charge in [0.2, 0.25) is 5.82 Å². The number of H-pyrrole nitrogens is 1. The Morgan fingerprint density at radius 1 is 1.08 bits per heavy atom. The lowest BCUT2D eigenvalue weighted by Crippen LogP contribution is -2.36. The number of carbonyl (C=O) groups is 3. The summed E-state index contributed by atoms with van der Waals surface area (Å²) >= 11 is 0. The van der Waals surface area contributed by atoms with Crippen LogP contribution in [0.2, 0.25) is 0 Å². The van der Waals surface area contributed by atoms with E-state index in [1.807, 2.05) is 0 Å². The highest BCUT2D eigenvalue weighted by molar-refractivity contribution is 6.08. The SMILES string of the molecule is Cc1cc(CNC(=O)c2cc(C(=O)N[C@@H]3C(=O)N(C)c4cc(-c5nn[nH]n5)ccc43)ncn2)ccc1F. The average Bonchev–Trinajstić information content (AvgIpc) is 3.53. The number of halogens is 1. The number of likely N-dealkylation sites (N-methyl/N-ethyl adjacent to an activating group) is 1. The van der Waals surface area contributed by atoms with Gasteiger partial charge in [0.15, 0.2) is 0 Å². The highest BCUT2D eigenvalue weighted by Crippen LogP contribution is 2.37. The number of hydrogen-bond acceptors (Lipinski definition) is 8. The number of nitrogens with zero attached hydrogens (tertiary/aromatic N) is 6. The molecule has 0 fully saturated rings. The normalized spacial score (nSPS) is 14.4. The highest BCUT2D eigenvalue weighted by Gasteiger charge is 2.37. The molecule has 0 bridgehead atoms. The zero-order valence-corrected chi connectivity index (χ0v) is 19.7. The van der Waals surface area contributed by atoms with E-state index in [1.54, 1.807) is 44.3 Å². The number of carbonyl (C=O) groups excluding carboxylic acids is 3. The number of nitrogens with one attached hydrogen (secondary N) is 3. The number of rotatable bonds is 6. The Morgan fingerprint density at radius 3 is 2.59 bits per heavy atom. The van der Waals surface area contributed by atoms with Crippen molar-refractivity contribution in [3.63, 3.8) is 0 Å². The molecule has 1 aliphatic heterocycles. The van der Waals surface area contributed by atoms with Gasteiger partial charge < -0.3 is 15.5 Å². The highest BCUT2D eigenvalue weighted by atomic mass is 19.1. The minimum absolute atomic E-state index is 0.0287. The van der Waals surface area contributed by atoms with E-state index in [0.717, 1.165) is 6.33 Å². The van der Waals surface area contributed by atoms with Crippen molar-refractivity contribution in [1.82, 2.24) is 41.2 Å². The van der Waals surface area contributed by atoms with Crippen molar-refractivity contribution in [2.75, 3.05) is 11.9 Å². The monoisotopic (exact) mass is 501 g/mol. The van der Waals surface area contributed by atoms with Crippen LogP contribution in [-0.4, -0.2) is 55.4 Å². The van der Waals surface area contributed by atoms with Gasteiger partial charge in [0.1, 0.15) is 29.6 Å². The quantitative estimate of drug-likeness (QED) is 0.358. The first kappa shape index (κ1) is 23.7. The summed E-state index contributed by atoms with van der Waals surface area (Å²) in [6.45, 7) is 1.78. The Labute approximate surface area is 209 Å². The molecule has 0 aliphatic carbocycles. The van der Waals surface area contributed by atoms with Crippen molar-refractivity contribution >= 4 is 23.4 Å². The molecule has 1 atom stereocenters. The summed E-state index contributed by atoms with van der Waals surface area (Å²) in [6, 6.07) is 10.0. The summed E-state index contributed by atoms with van der Waals surface area (Å²) in [4.78, 5) is 47.8. The van der Waals surface area contributed by atoms with E-state index in [9.17, 15) is 18.8 Å². The molecule has 3 N–H and O–H groups in total. The van der Waals surface area contributed by atoms with Crippen LogP contribution in [0, 0.1) is 12.7 Å². The molecule has 0 unspecified atom stereocenters. The zero-order valence-electron chi connectivity index (χ0n) is 19.7. The van der Waals surface area contributed by atoms with E-state index >= 15 is 0 Å². The fourth-order valence-electron chi connectivity index (χ4n) is 3.99. The molecule has 37 heavy (non-hydrogen) atoms. The maximum atomic E-state index is 13.5. The lowest BCUT2D eigenvalue weighted by atomic mass is 10.0. The van der Waals surface area contributed by atoms with Gasteiger partial charge in [-0.1, -0.05) is 24.3 Å². The van der Waals surface area contributed by atoms with Gasteiger partial charge in [0.05, 0.1) is 0 Å². The van der Waals surface area contributed by atoms with E-state index in [-0.39, 0.29) is 29.7 Å². The standard InChI is InChI=1S/C24H20FN9O3/c1-12-7-13(3-6-16(12)25)10-26-22(35)17-9-18(28-11-27-17)23(36)29-20-15-5-4-14(21-30-32-33-31-21)8-19(15)34(2)24(20)37/h3-9,11,20H,10H2,1-2H3,(H,26,35)(H,29,36)(H,30,31,32,33)/t20-/m0/s1. The van der Waals surface area contributed by atoms with Crippen molar-refractivity contribution in [3.8, 4) is 11.4 Å². The number of tetrazole rings is 1. The van der Waals surface area contributed by atoms with E-state index in [2.05, 4.69) is 41.2 Å². The van der Waals surface area contributed by atoms with Crippen LogP contribution in [-0.2, 0) is 11.3 Å². The van der Waals surface area contributed by atoms with Crippen LogP contribution in [0.25, 0.3) is 11.4 Å². The minimum atomic E-state index is -0.944. The van der Waals surface area contributed by atoms with E-state index in [0.29, 0.717) is 33.8 Å². The topological polar surface area (TPSA) is 159 Å². The molecular formula is C24H20FN9O3. The van der Waals surface area contributed by atoms with E-state index < -0.39 is 17.9 Å². The van der Waals surface area contributed by atoms with Crippen molar-refractivity contribution < 1.29 is 18.8 Å². The van der Waals surface area contributed by atoms with Crippen LogP contribution in [0.3, 0.4) is 0 Å². The molecule has 3 heterocycles. The summed E-state index contributed by atoms with van der Waals surface area (Å²) in [5.74, 6) is -1.47. The fraction of sp³-hybridized carbons (Fsp3) is 0.167.